The van der Waals surface area contributed by atoms with Crippen molar-refractivity contribution in [1.82, 2.24) is 0 Å². The van der Waals surface area contributed by atoms with E-state index in [0.717, 1.165) is 14.5 Å². The van der Waals surface area contributed by atoms with Crippen LogP contribution in [0.4, 0.5) is 5.69 Å². The Morgan fingerprint density at radius 2 is 1.89 bits per heavy atom. The van der Waals surface area contributed by atoms with E-state index in [-0.39, 0.29) is 17.5 Å². The zero-order valence-electron chi connectivity index (χ0n) is 14.6. The Morgan fingerprint density at radius 3 is 2.54 bits per heavy atom. The Bertz CT molecular complexity index is 1110. The Morgan fingerprint density at radius 1 is 1.14 bits per heavy atom. The Balaban J connectivity index is 1.77. The van der Waals surface area contributed by atoms with E-state index < -0.39 is 0 Å². The Hall–Kier alpha value is -2.64. The second-order valence-electron chi connectivity index (χ2n) is 6.10. The van der Waals surface area contributed by atoms with Gasteiger partial charge in [0.15, 0.2) is 5.76 Å². The van der Waals surface area contributed by atoms with Crippen molar-refractivity contribution in [2.24, 2.45) is 0 Å². The molecule has 2 heterocycles. The first-order chi connectivity index (χ1) is 13.5. The van der Waals surface area contributed by atoms with E-state index in [2.05, 4.69) is 37.2 Å². The first kappa shape index (κ1) is 18.7. The number of benzene rings is 2. The fraction of sp³-hybridized carbons (Fsp3) is 0.0476. The number of ketones is 1. The summed E-state index contributed by atoms with van der Waals surface area (Å²) < 4.78 is 12.0. The van der Waals surface area contributed by atoms with E-state index in [1.807, 2.05) is 12.1 Å². The van der Waals surface area contributed by atoms with Crippen LogP contribution in [0.5, 0.6) is 5.75 Å². The lowest BCUT2D eigenvalue weighted by Crippen LogP contribution is -2.03. The van der Waals surface area contributed by atoms with Crippen LogP contribution in [-0.2, 0) is 4.79 Å². The van der Waals surface area contributed by atoms with Crippen LogP contribution in [0.2, 0.25) is 0 Å². The van der Waals surface area contributed by atoms with Crippen LogP contribution in [-0.4, -0.2) is 18.8 Å². The molecule has 0 saturated carbocycles. The summed E-state index contributed by atoms with van der Waals surface area (Å²) in [4.78, 5) is 25.1. The number of anilines is 1. The Labute approximate surface area is 177 Å². The maximum Gasteiger partial charge on any atom is 0.256 e. The van der Waals surface area contributed by atoms with Crippen molar-refractivity contribution in [3.05, 3.63) is 80.1 Å². The predicted molar refractivity (Wildman–Crippen MR) is 113 cm³/mol. The molecule has 0 atom stereocenters. The molecule has 1 aliphatic heterocycles. The molecule has 2 aromatic carbocycles. The summed E-state index contributed by atoms with van der Waals surface area (Å²) in [5.41, 5.74) is 3.07. The van der Waals surface area contributed by atoms with E-state index in [9.17, 15) is 9.59 Å². The highest BCUT2D eigenvalue weighted by Gasteiger charge is 2.26. The third-order valence-electron chi connectivity index (χ3n) is 4.35. The standard InChI is InChI=1S/C21H13Br2NO4/c1-27-20-15(22)8-11(9-16(20)23)7-14-13-10-12(4-5-17(13)24-21(14)26)19(25)18-3-2-6-28-18/h2-10H,1H3,(H,24,26)/b14-7-. The van der Waals surface area contributed by atoms with Crippen molar-refractivity contribution in [3.8, 4) is 5.75 Å². The SMILES string of the molecule is COc1c(Br)cc(/C=C2\C(=O)Nc3ccc(C(=O)c4ccco4)cc32)cc1Br. The van der Waals surface area contributed by atoms with Crippen LogP contribution in [0, 0.1) is 0 Å². The minimum atomic E-state index is -0.235. The minimum absolute atomic E-state index is 0.222. The number of rotatable bonds is 4. The molecular weight excluding hydrogens is 490 g/mol. The number of carbonyl (C=O) groups is 2. The van der Waals surface area contributed by atoms with Crippen LogP contribution < -0.4 is 10.1 Å². The first-order valence-electron chi connectivity index (χ1n) is 8.26. The summed E-state index contributed by atoms with van der Waals surface area (Å²) in [6.45, 7) is 0. The molecule has 3 aromatic rings. The fourth-order valence-electron chi connectivity index (χ4n) is 3.05. The molecule has 0 unspecified atom stereocenters. The summed E-state index contributed by atoms with van der Waals surface area (Å²) in [6.07, 6.45) is 3.23. The van der Waals surface area contributed by atoms with Crippen LogP contribution in [0.25, 0.3) is 11.6 Å². The largest absolute Gasteiger partial charge is 0.494 e. The van der Waals surface area contributed by atoms with E-state index in [4.69, 9.17) is 9.15 Å². The number of nitrogens with one attached hydrogen (secondary N) is 1. The van der Waals surface area contributed by atoms with E-state index >= 15 is 0 Å². The quantitative estimate of drug-likeness (QED) is 0.376. The van der Waals surface area contributed by atoms with Gasteiger partial charge in [0.25, 0.3) is 5.91 Å². The van der Waals surface area contributed by atoms with E-state index in [1.54, 1.807) is 43.5 Å². The predicted octanol–water partition coefficient (Wildman–Crippen LogP) is 5.54. The smallest absolute Gasteiger partial charge is 0.256 e. The summed E-state index contributed by atoms with van der Waals surface area (Å²) in [5.74, 6) is 0.470. The van der Waals surface area contributed by atoms with Crippen molar-refractivity contribution in [3.63, 3.8) is 0 Å². The van der Waals surface area contributed by atoms with Gasteiger partial charge in [-0.3, -0.25) is 9.59 Å². The van der Waals surface area contributed by atoms with Gasteiger partial charge in [0, 0.05) is 22.4 Å². The fourth-order valence-corrected chi connectivity index (χ4v) is 4.59. The number of fused-ring (bicyclic) bond motifs is 1. The van der Waals surface area contributed by atoms with Crippen molar-refractivity contribution in [2.75, 3.05) is 12.4 Å². The van der Waals surface area contributed by atoms with Gasteiger partial charge in [-0.1, -0.05) is 0 Å². The lowest BCUT2D eigenvalue weighted by Gasteiger charge is -2.08. The number of methoxy groups -OCH3 is 1. The van der Waals surface area contributed by atoms with Gasteiger partial charge in [-0.15, -0.1) is 0 Å². The molecule has 0 fully saturated rings. The summed E-state index contributed by atoms with van der Waals surface area (Å²) in [7, 11) is 1.58. The molecule has 1 N–H and O–H groups in total. The lowest BCUT2D eigenvalue weighted by atomic mass is 9.99. The normalized spacial score (nSPS) is 14.1. The van der Waals surface area contributed by atoms with Gasteiger partial charge in [0.05, 0.1) is 22.3 Å². The van der Waals surface area contributed by atoms with Gasteiger partial charge in [-0.05, 0) is 86.0 Å². The number of amides is 1. The summed E-state index contributed by atoms with van der Waals surface area (Å²) in [5, 5.41) is 2.83. The molecule has 0 spiro atoms. The van der Waals surface area contributed by atoms with Crippen LogP contribution >= 0.6 is 31.9 Å². The molecule has 4 rings (SSSR count). The van der Waals surface area contributed by atoms with Crippen LogP contribution in [0.3, 0.4) is 0 Å². The first-order valence-corrected chi connectivity index (χ1v) is 9.85. The van der Waals surface area contributed by atoms with Gasteiger partial charge in [0.2, 0.25) is 5.78 Å². The number of ether oxygens (including phenoxy) is 1. The molecule has 140 valence electrons. The molecule has 0 saturated heterocycles. The summed E-state index contributed by atoms with van der Waals surface area (Å²) in [6, 6.07) is 12.1. The minimum Gasteiger partial charge on any atom is -0.494 e. The number of halogens is 2. The molecule has 1 aliphatic rings. The highest BCUT2D eigenvalue weighted by Crippen LogP contribution is 2.38. The van der Waals surface area contributed by atoms with Gasteiger partial charge in [-0.2, -0.15) is 0 Å². The summed E-state index contributed by atoms with van der Waals surface area (Å²) >= 11 is 6.93. The topological polar surface area (TPSA) is 68.5 Å². The van der Waals surface area contributed by atoms with Crippen molar-refractivity contribution in [2.45, 2.75) is 0 Å². The zero-order valence-corrected chi connectivity index (χ0v) is 17.8. The molecule has 0 bridgehead atoms. The zero-order chi connectivity index (χ0) is 19.8. The van der Waals surface area contributed by atoms with Crippen molar-refractivity contribution in [1.29, 1.82) is 0 Å². The van der Waals surface area contributed by atoms with Crippen molar-refractivity contribution >= 4 is 60.9 Å². The second-order valence-corrected chi connectivity index (χ2v) is 7.81. The van der Waals surface area contributed by atoms with Gasteiger partial charge in [-0.25, -0.2) is 0 Å². The van der Waals surface area contributed by atoms with E-state index in [1.165, 1.54) is 6.26 Å². The maximum absolute atomic E-state index is 12.6. The molecular formula is C21H13Br2NO4. The van der Waals surface area contributed by atoms with Gasteiger partial charge < -0.3 is 14.5 Å². The second kappa shape index (κ2) is 7.41. The van der Waals surface area contributed by atoms with Crippen molar-refractivity contribution < 1.29 is 18.7 Å². The van der Waals surface area contributed by atoms with E-state index in [0.29, 0.717) is 28.1 Å². The molecule has 0 radical (unpaired) electrons. The highest BCUT2D eigenvalue weighted by atomic mass is 79.9. The monoisotopic (exact) mass is 501 g/mol. The molecule has 1 amide bonds. The average molecular weight is 503 g/mol. The van der Waals surface area contributed by atoms with Gasteiger partial charge in [0.1, 0.15) is 5.75 Å². The molecule has 0 aliphatic carbocycles. The lowest BCUT2D eigenvalue weighted by molar-refractivity contribution is -0.110. The molecule has 1 aromatic heterocycles. The number of hydrogen-bond acceptors (Lipinski definition) is 4. The van der Waals surface area contributed by atoms with Gasteiger partial charge >= 0.3 is 0 Å². The number of furan rings is 1. The maximum atomic E-state index is 12.6. The molecule has 5 nitrogen and oxygen atoms in total. The average Bonchev–Trinajstić information content (AvgIpc) is 3.29. The van der Waals surface area contributed by atoms with Crippen LogP contribution in [0.15, 0.2) is 62.1 Å². The molecule has 28 heavy (non-hydrogen) atoms. The molecule has 7 heteroatoms. The highest BCUT2D eigenvalue weighted by molar-refractivity contribution is 9.11. The Kier molecular flexibility index (Phi) is 4.95. The number of hydrogen-bond donors (Lipinski definition) is 1. The third-order valence-corrected chi connectivity index (χ3v) is 5.52. The van der Waals surface area contributed by atoms with Crippen LogP contribution in [0.1, 0.15) is 27.2 Å². The third kappa shape index (κ3) is 3.31. The number of carbonyl (C=O) groups excluding carboxylic acids is 2.